The highest BCUT2D eigenvalue weighted by molar-refractivity contribution is 9.10. The van der Waals surface area contributed by atoms with Gasteiger partial charge in [-0.2, -0.15) is 0 Å². The van der Waals surface area contributed by atoms with Crippen LogP contribution in [0.5, 0.6) is 28.7 Å². The fourth-order valence-electron chi connectivity index (χ4n) is 5.17. The minimum absolute atomic E-state index is 0.177. The number of hydrogen-bond donors (Lipinski definition) is 0. The number of allylic oxidation sites excluding steroid dienone is 1. The number of benzene rings is 3. The van der Waals surface area contributed by atoms with Crippen molar-refractivity contribution in [3.63, 3.8) is 0 Å². The predicted molar refractivity (Wildman–Crippen MR) is 171 cm³/mol. The van der Waals surface area contributed by atoms with Crippen LogP contribution in [0.15, 0.2) is 80.1 Å². The summed E-state index contributed by atoms with van der Waals surface area (Å²) >= 11 is 4.87. The Morgan fingerprint density at radius 2 is 1.80 bits per heavy atom. The molecule has 0 saturated carbocycles. The lowest BCUT2D eigenvalue weighted by Gasteiger charge is -2.26. The molecule has 2 aliphatic heterocycles. The van der Waals surface area contributed by atoms with Crippen molar-refractivity contribution >= 4 is 39.3 Å². The van der Waals surface area contributed by atoms with E-state index >= 15 is 0 Å². The fourth-order valence-corrected chi connectivity index (χ4v) is 6.76. The molecular weight excluding hydrogens is 664 g/mol. The van der Waals surface area contributed by atoms with Gasteiger partial charge < -0.3 is 28.4 Å². The smallest absolute Gasteiger partial charge is 0.338 e. The van der Waals surface area contributed by atoms with Crippen molar-refractivity contribution in [1.82, 2.24) is 4.57 Å². The Morgan fingerprint density at radius 3 is 2.53 bits per heavy atom. The van der Waals surface area contributed by atoms with Crippen LogP contribution in [0, 0.1) is 0 Å². The lowest BCUT2D eigenvalue weighted by atomic mass is 9.95. The average molecular weight is 694 g/mol. The van der Waals surface area contributed by atoms with Gasteiger partial charge >= 0.3 is 5.97 Å². The first-order valence-corrected chi connectivity index (χ1v) is 15.6. The highest BCUT2D eigenvalue weighted by Gasteiger charge is 2.35. The van der Waals surface area contributed by atoms with Crippen LogP contribution in [0.3, 0.4) is 0 Å². The van der Waals surface area contributed by atoms with E-state index in [0.29, 0.717) is 54.7 Å². The molecule has 2 aliphatic rings. The van der Waals surface area contributed by atoms with Crippen molar-refractivity contribution in [3.05, 3.63) is 107 Å². The van der Waals surface area contributed by atoms with Crippen LogP contribution in [-0.2, 0) is 16.1 Å². The molecule has 0 aliphatic carbocycles. The highest BCUT2D eigenvalue weighted by atomic mass is 79.9. The SMILES string of the molecule is CCOC(=O)C1=C(C)N=c2s/c(=C\c3ccc(OCc4ccc5c(c4)OCO5)cc3)c(=O)n2[C@H]1c1cc(OC)c(OC)cc1Br. The molecule has 0 radical (unpaired) electrons. The molecule has 0 spiro atoms. The number of rotatable bonds is 9. The Labute approximate surface area is 270 Å². The van der Waals surface area contributed by atoms with Gasteiger partial charge in [-0.3, -0.25) is 9.36 Å². The molecule has 3 aromatic carbocycles. The minimum atomic E-state index is -0.816. The summed E-state index contributed by atoms with van der Waals surface area (Å²) in [6, 6.07) is 15.8. The topological polar surface area (TPSA) is 107 Å². The molecule has 1 atom stereocenters. The van der Waals surface area contributed by atoms with Gasteiger partial charge in [0, 0.05) is 4.47 Å². The Hall–Kier alpha value is -4.55. The van der Waals surface area contributed by atoms with Crippen molar-refractivity contribution in [2.45, 2.75) is 26.5 Å². The molecule has 0 saturated heterocycles. The molecule has 4 aromatic rings. The van der Waals surface area contributed by atoms with Gasteiger partial charge in [-0.1, -0.05) is 45.5 Å². The van der Waals surface area contributed by atoms with Gasteiger partial charge in [0.15, 0.2) is 27.8 Å². The van der Waals surface area contributed by atoms with E-state index in [1.54, 1.807) is 39.2 Å². The quantitative estimate of drug-likeness (QED) is 0.229. The third-order valence-corrected chi connectivity index (χ3v) is 9.00. The molecule has 10 nitrogen and oxygen atoms in total. The van der Waals surface area contributed by atoms with E-state index < -0.39 is 12.0 Å². The number of esters is 1. The van der Waals surface area contributed by atoms with Gasteiger partial charge in [0.25, 0.3) is 5.56 Å². The van der Waals surface area contributed by atoms with Crippen molar-refractivity contribution in [2.24, 2.45) is 4.99 Å². The molecule has 0 N–H and O–H groups in total. The zero-order valence-electron chi connectivity index (χ0n) is 24.9. The van der Waals surface area contributed by atoms with Crippen molar-refractivity contribution in [2.75, 3.05) is 27.6 Å². The van der Waals surface area contributed by atoms with E-state index in [9.17, 15) is 9.59 Å². The minimum Gasteiger partial charge on any atom is -0.493 e. The molecule has 6 rings (SSSR count). The molecule has 3 heterocycles. The zero-order valence-corrected chi connectivity index (χ0v) is 27.3. The second kappa shape index (κ2) is 12.8. The first-order valence-electron chi connectivity index (χ1n) is 14.0. The maximum absolute atomic E-state index is 14.0. The number of halogens is 1. The first kappa shape index (κ1) is 30.5. The monoisotopic (exact) mass is 692 g/mol. The normalized spacial score (nSPS) is 15.4. The summed E-state index contributed by atoms with van der Waals surface area (Å²) in [4.78, 5) is 32.4. The highest BCUT2D eigenvalue weighted by Crippen LogP contribution is 2.41. The number of carbonyl (C=O) groups excluding carboxylic acids is 1. The van der Waals surface area contributed by atoms with Crippen molar-refractivity contribution in [1.29, 1.82) is 0 Å². The number of nitrogens with zero attached hydrogens (tertiary/aromatic N) is 2. The number of fused-ring (bicyclic) bond motifs is 2. The number of hydrogen-bond acceptors (Lipinski definition) is 10. The summed E-state index contributed by atoms with van der Waals surface area (Å²) in [5.41, 5.74) is 2.84. The van der Waals surface area contributed by atoms with E-state index in [1.807, 2.05) is 42.5 Å². The summed E-state index contributed by atoms with van der Waals surface area (Å²) in [5, 5.41) is 0. The number of methoxy groups -OCH3 is 2. The number of aromatic nitrogens is 1. The van der Waals surface area contributed by atoms with Gasteiger partial charge in [-0.15, -0.1) is 0 Å². The lowest BCUT2D eigenvalue weighted by Crippen LogP contribution is -2.40. The summed E-state index contributed by atoms with van der Waals surface area (Å²) < 4.78 is 35.8. The standard InChI is InChI=1S/C33H29BrN2O8S/c1-5-41-32(38)29-18(2)35-33-36(30(29)22-14-25(39-3)26(40-4)15-23(22)34)31(37)28(45-33)13-19-6-9-21(10-7-19)42-16-20-8-11-24-27(12-20)44-17-43-24/h6-15,30H,5,16-17H2,1-4H3/b28-13-/t30-/m0/s1. The van der Waals surface area contributed by atoms with Crippen molar-refractivity contribution < 1.29 is 33.2 Å². The van der Waals surface area contributed by atoms with Gasteiger partial charge in [0.05, 0.1) is 42.7 Å². The van der Waals surface area contributed by atoms with Crippen LogP contribution in [0.25, 0.3) is 6.08 Å². The van der Waals surface area contributed by atoms with Crippen LogP contribution in [-0.4, -0.2) is 38.2 Å². The summed E-state index contributed by atoms with van der Waals surface area (Å²) in [6.45, 7) is 4.24. The predicted octanol–water partition coefficient (Wildman–Crippen LogP) is 4.89. The second-order valence-corrected chi connectivity index (χ2v) is 11.9. The van der Waals surface area contributed by atoms with Crippen LogP contribution in [0.4, 0.5) is 0 Å². The lowest BCUT2D eigenvalue weighted by molar-refractivity contribution is -0.139. The largest absolute Gasteiger partial charge is 0.493 e. The fraction of sp³-hybridized carbons (Fsp3) is 0.242. The molecule has 1 aromatic heterocycles. The molecular formula is C33H29BrN2O8S. The molecule has 0 fully saturated rings. The summed E-state index contributed by atoms with van der Waals surface area (Å²) in [5.74, 6) is 2.52. The van der Waals surface area contributed by atoms with Crippen LogP contribution in [0.2, 0.25) is 0 Å². The van der Waals surface area contributed by atoms with Crippen LogP contribution >= 0.6 is 27.3 Å². The zero-order chi connectivity index (χ0) is 31.7. The Balaban J connectivity index is 1.34. The van der Waals surface area contributed by atoms with E-state index in [-0.39, 0.29) is 24.5 Å². The molecule has 0 unspecified atom stereocenters. The van der Waals surface area contributed by atoms with Gasteiger partial charge in [-0.05, 0) is 73.0 Å². The molecule has 45 heavy (non-hydrogen) atoms. The van der Waals surface area contributed by atoms with Crippen molar-refractivity contribution in [3.8, 4) is 28.7 Å². The van der Waals surface area contributed by atoms with Gasteiger partial charge in [0.1, 0.15) is 12.4 Å². The van der Waals surface area contributed by atoms with E-state index in [2.05, 4.69) is 20.9 Å². The number of thiazole rings is 1. The maximum Gasteiger partial charge on any atom is 0.338 e. The summed E-state index contributed by atoms with van der Waals surface area (Å²) in [7, 11) is 3.07. The van der Waals surface area contributed by atoms with E-state index in [4.69, 9.17) is 28.4 Å². The summed E-state index contributed by atoms with van der Waals surface area (Å²) in [6.07, 6.45) is 1.80. The Morgan fingerprint density at radius 1 is 1.07 bits per heavy atom. The molecule has 0 amide bonds. The Kier molecular flexibility index (Phi) is 8.68. The third-order valence-electron chi connectivity index (χ3n) is 7.33. The van der Waals surface area contributed by atoms with Gasteiger partial charge in [0.2, 0.25) is 6.79 Å². The second-order valence-electron chi connectivity index (χ2n) is 10.1. The first-order chi connectivity index (χ1) is 21.8. The maximum atomic E-state index is 14.0. The van der Waals surface area contributed by atoms with Crippen LogP contribution < -0.4 is 38.6 Å². The molecule has 232 valence electrons. The Bertz CT molecular complexity index is 2000. The van der Waals surface area contributed by atoms with Gasteiger partial charge in [-0.25, -0.2) is 9.79 Å². The molecule has 0 bridgehead atoms. The third kappa shape index (κ3) is 5.95. The van der Waals surface area contributed by atoms with Crippen LogP contribution in [0.1, 0.15) is 36.6 Å². The molecule has 12 heteroatoms. The van der Waals surface area contributed by atoms with E-state index in [1.165, 1.54) is 23.0 Å². The number of carbonyl (C=O) groups is 1. The number of ether oxygens (including phenoxy) is 6. The van der Waals surface area contributed by atoms with E-state index in [0.717, 1.165) is 16.9 Å². The average Bonchev–Trinajstić information content (AvgIpc) is 3.63.